The van der Waals surface area contributed by atoms with Crippen LogP contribution in [0, 0.1) is 48.2 Å². The Kier molecular flexibility index (Phi) is 7.70. The average molecular weight is 467 g/mol. The lowest BCUT2D eigenvalue weighted by Gasteiger charge is -2.16. The molecule has 3 aromatic carbocycles. The second-order valence-electron chi connectivity index (χ2n) is 8.39. The Bertz CT molecular complexity index is 1350. The molecule has 0 aromatic heterocycles. The Morgan fingerprint density at radius 2 is 1.46 bits per heavy atom. The molecule has 1 atom stereocenters. The Morgan fingerprint density at radius 3 is 2.11 bits per heavy atom. The Hall–Kier alpha value is -4.22. The summed E-state index contributed by atoms with van der Waals surface area (Å²) >= 11 is 0. The van der Waals surface area contributed by atoms with Crippen LogP contribution in [0.2, 0.25) is 0 Å². The van der Waals surface area contributed by atoms with Gasteiger partial charge in [0.1, 0.15) is 17.5 Å². The molecule has 3 aromatic rings. The number of aryl methyl sites for hydroxylation is 1. The highest BCUT2D eigenvalue weighted by atomic mass is 19.1. The SMILES string of the molecule is Cc1ccc(C#Cc2ccc(F)cc2)cc1N=C1CCC(C#Cc2ccc(F)cc2)CCN1C=O. The van der Waals surface area contributed by atoms with Crippen LogP contribution < -0.4 is 0 Å². The van der Waals surface area contributed by atoms with E-state index < -0.39 is 0 Å². The van der Waals surface area contributed by atoms with Gasteiger partial charge in [0.25, 0.3) is 0 Å². The lowest BCUT2D eigenvalue weighted by molar-refractivity contribution is -0.114. The number of carbonyl (C=O) groups excluding carboxylic acids is 1. The van der Waals surface area contributed by atoms with Crippen molar-refractivity contribution in [1.29, 1.82) is 0 Å². The van der Waals surface area contributed by atoms with Gasteiger partial charge in [0.2, 0.25) is 6.41 Å². The first-order valence-electron chi connectivity index (χ1n) is 11.4. The maximum Gasteiger partial charge on any atom is 0.215 e. The van der Waals surface area contributed by atoms with Crippen molar-refractivity contribution in [3.63, 3.8) is 0 Å². The minimum atomic E-state index is -0.296. The van der Waals surface area contributed by atoms with Gasteiger partial charge < -0.3 is 4.90 Å². The molecule has 1 heterocycles. The number of rotatable bonds is 2. The standard InChI is InChI=1S/C30H24F2N2O/c1-22-2-3-26(7-6-24-10-15-28(32)16-11-24)20-29(22)33-30-17-12-25(18-19-34(30)21-35)5-4-23-8-13-27(31)14-9-23/h2-3,8-11,13-16,20-21,25H,12,17-19H2,1H3. The summed E-state index contributed by atoms with van der Waals surface area (Å²) in [7, 11) is 0. The molecule has 1 saturated heterocycles. The fraction of sp³-hybridized carbons (Fsp3) is 0.200. The average Bonchev–Trinajstić information content (AvgIpc) is 3.07. The van der Waals surface area contributed by atoms with E-state index >= 15 is 0 Å². The molecule has 1 fully saturated rings. The molecule has 3 nitrogen and oxygen atoms in total. The molecular weight excluding hydrogens is 442 g/mol. The van der Waals surface area contributed by atoms with E-state index in [2.05, 4.69) is 23.7 Å². The molecule has 0 bridgehead atoms. The van der Waals surface area contributed by atoms with Crippen molar-refractivity contribution in [3.8, 4) is 23.7 Å². The maximum atomic E-state index is 13.1. The van der Waals surface area contributed by atoms with Crippen molar-refractivity contribution in [1.82, 2.24) is 4.90 Å². The molecule has 0 saturated carbocycles. The normalized spacial score (nSPS) is 16.5. The minimum absolute atomic E-state index is 0.115. The third kappa shape index (κ3) is 6.65. The van der Waals surface area contributed by atoms with Crippen molar-refractivity contribution in [2.75, 3.05) is 6.54 Å². The summed E-state index contributed by atoms with van der Waals surface area (Å²) in [4.78, 5) is 18.3. The Morgan fingerprint density at radius 1 is 0.857 bits per heavy atom. The van der Waals surface area contributed by atoms with Crippen LogP contribution in [-0.4, -0.2) is 23.7 Å². The van der Waals surface area contributed by atoms with E-state index in [1.807, 2.05) is 25.1 Å². The number of amidine groups is 1. The quantitative estimate of drug-likeness (QED) is 0.336. The molecule has 4 rings (SSSR count). The predicted molar refractivity (Wildman–Crippen MR) is 134 cm³/mol. The van der Waals surface area contributed by atoms with E-state index in [1.165, 1.54) is 24.3 Å². The second kappa shape index (κ2) is 11.3. The summed E-state index contributed by atoms with van der Waals surface area (Å²) in [6.07, 6.45) is 2.96. The monoisotopic (exact) mass is 466 g/mol. The third-order valence-corrected chi connectivity index (χ3v) is 5.81. The van der Waals surface area contributed by atoms with Crippen molar-refractivity contribution in [2.24, 2.45) is 10.9 Å². The number of carbonyl (C=O) groups is 1. The predicted octanol–water partition coefficient (Wildman–Crippen LogP) is 6.01. The van der Waals surface area contributed by atoms with Crippen molar-refractivity contribution >= 4 is 17.9 Å². The van der Waals surface area contributed by atoms with Crippen LogP contribution in [-0.2, 0) is 4.79 Å². The van der Waals surface area contributed by atoms with Crippen LogP contribution >= 0.6 is 0 Å². The zero-order chi connectivity index (χ0) is 24.6. The van der Waals surface area contributed by atoms with Gasteiger partial charge in [0, 0.05) is 35.6 Å². The highest BCUT2D eigenvalue weighted by Gasteiger charge is 2.20. The molecule has 1 aliphatic rings. The van der Waals surface area contributed by atoms with E-state index in [1.54, 1.807) is 29.2 Å². The van der Waals surface area contributed by atoms with Crippen LogP contribution in [0.15, 0.2) is 71.7 Å². The first-order valence-corrected chi connectivity index (χ1v) is 11.4. The molecule has 0 N–H and O–H groups in total. The first-order chi connectivity index (χ1) is 17.0. The zero-order valence-corrected chi connectivity index (χ0v) is 19.4. The second-order valence-corrected chi connectivity index (χ2v) is 8.39. The van der Waals surface area contributed by atoms with E-state index in [9.17, 15) is 13.6 Å². The third-order valence-electron chi connectivity index (χ3n) is 5.81. The largest absolute Gasteiger partial charge is 0.303 e. The van der Waals surface area contributed by atoms with Crippen molar-refractivity contribution in [2.45, 2.75) is 26.2 Å². The highest BCUT2D eigenvalue weighted by molar-refractivity contribution is 5.93. The number of hydrogen-bond donors (Lipinski definition) is 0. The van der Waals surface area contributed by atoms with Gasteiger partial charge in [-0.3, -0.25) is 4.79 Å². The summed E-state index contributed by atoms with van der Waals surface area (Å²) in [6, 6.07) is 17.9. The highest BCUT2D eigenvalue weighted by Crippen LogP contribution is 2.24. The summed E-state index contributed by atoms with van der Waals surface area (Å²) in [5.41, 5.74) is 4.02. The number of aliphatic imine (C=N–C) groups is 1. The van der Waals surface area contributed by atoms with E-state index in [-0.39, 0.29) is 17.6 Å². The molecule has 5 heteroatoms. The van der Waals surface area contributed by atoms with Gasteiger partial charge in [0.05, 0.1) is 5.69 Å². The number of halogens is 2. The Balaban J connectivity index is 1.53. The number of benzene rings is 3. The van der Waals surface area contributed by atoms with Gasteiger partial charge in [-0.25, -0.2) is 13.8 Å². The fourth-order valence-corrected chi connectivity index (χ4v) is 3.74. The van der Waals surface area contributed by atoms with Crippen LogP contribution in [0.25, 0.3) is 0 Å². The molecule has 1 aliphatic heterocycles. The molecule has 1 unspecified atom stereocenters. The minimum Gasteiger partial charge on any atom is -0.303 e. The number of likely N-dealkylation sites (tertiary alicyclic amines) is 1. The number of amides is 1. The molecule has 174 valence electrons. The van der Waals surface area contributed by atoms with Crippen molar-refractivity contribution in [3.05, 3.63) is 101 Å². The smallest absolute Gasteiger partial charge is 0.215 e. The van der Waals surface area contributed by atoms with E-state index in [4.69, 9.17) is 4.99 Å². The lowest BCUT2D eigenvalue weighted by Crippen LogP contribution is -2.28. The van der Waals surface area contributed by atoms with Crippen LogP contribution in [0.1, 0.15) is 41.5 Å². The van der Waals surface area contributed by atoms with Crippen molar-refractivity contribution < 1.29 is 13.6 Å². The Labute approximate surface area is 204 Å². The molecule has 0 radical (unpaired) electrons. The van der Waals surface area contributed by atoms with E-state index in [0.717, 1.165) is 47.2 Å². The first kappa shape index (κ1) is 23.9. The van der Waals surface area contributed by atoms with Gasteiger partial charge in [-0.15, -0.1) is 0 Å². The zero-order valence-electron chi connectivity index (χ0n) is 19.4. The molecule has 1 amide bonds. The van der Waals surface area contributed by atoms with Gasteiger partial charge in [0.15, 0.2) is 0 Å². The number of hydrogen-bond acceptors (Lipinski definition) is 2. The fourth-order valence-electron chi connectivity index (χ4n) is 3.74. The van der Waals surface area contributed by atoms with Crippen LogP contribution in [0.3, 0.4) is 0 Å². The van der Waals surface area contributed by atoms with Crippen LogP contribution in [0.4, 0.5) is 14.5 Å². The summed E-state index contributed by atoms with van der Waals surface area (Å²) in [5, 5.41) is 0. The summed E-state index contributed by atoms with van der Waals surface area (Å²) < 4.78 is 26.2. The number of nitrogens with zero attached hydrogens (tertiary/aromatic N) is 2. The van der Waals surface area contributed by atoms with Gasteiger partial charge >= 0.3 is 0 Å². The summed E-state index contributed by atoms with van der Waals surface area (Å²) in [5.74, 6) is 12.8. The lowest BCUT2D eigenvalue weighted by atomic mass is 10.0. The van der Waals surface area contributed by atoms with Gasteiger partial charge in [-0.05, 0) is 86.0 Å². The van der Waals surface area contributed by atoms with Gasteiger partial charge in [-0.1, -0.05) is 29.7 Å². The molecule has 0 aliphatic carbocycles. The molecule has 35 heavy (non-hydrogen) atoms. The topological polar surface area (TPSA) is 32.7 Å². The van der Waals surface area contributed by atoms with Crippen LogP contribution in [0.5, 0.6) is 0 Å². The molecule has 0 spiro atoms. The van der Waals surface area contributed by atoms with Gasteiger partial charge in [-0.2, -0.15) is 0 Å². The summed E-state index contributed by atoms with van der Waals surface area (Å²) in [6.45, 7) is 2.50. The maximum absolute atomic E-state index is 13.1. The van der Waals surface area contributed by atoms with E-state index in [0.29, 0.717) is 18.8 Å². The molecular formula is C30H24F2N2O.